The van der Waals surface area contributed by atoms with Crippen LogP contribution in [0.2, 0.25) is 0 Å². The molecule has 5 heteroatoms. The van der Waals surface area contributed by atoms with Crippen LogP contribution < -0.4 is 4.74 Å². The summed E-state index contributed by atoms with van der Waals surface area (Å²) >= 11 is 0. The minimum atomic E-state index is -0.991. The topological polar surface area (TPSA) is 44.8 Å². The second-order valence-electron chi connectivity index (χ2n) is 8.80. The van der Waals surface area contributed by atoms with Gasteiger partial charge in [-0.1, -0.05) is 49.4 Å². The predicted octanol–water partition coefficient (Wildman–Crippen LogP) is 5.41. The lowest BCUT2D eigenvalue weighted by molar-refractivity contribution is 0.00578. The minimum Gasteiger partial charge on any atom is -0.497 e. The van der Waals surface area contributed by atoms with E-state index in [1.807, 2.05) is 89.2 Å². The Balaban J connectivity index is 2.13. The lowest BCUT2D eigenvalue weighted by Gasteiger charge is -2.35. The summed E-state index contributed by atoms with van der Waals surface area (Å²) in [6.07, 6.45) is 0.524. The Morgan fingerprint density at radius 2 is 1.53 bits per heavy atom. The van der Waals surface area contributed by atoms with Gasteiger partial charge < -0.3 is 14.0 Å². The summed E-state index contributed by atoms with van der Waals surface area (Å²) in [5, 5.41) is 0. The highest BCUT2D eigenvalue weighted by Gasteiger charge is 2.57. The molecule has 1 aliphatic heterocycles. The summed E-state index contributed by atoms with van der Waals surface area (Å²) in [5.74, 6) is 0.715. The summed E-state index contributed by atoms with van der Waals surface area (Å²) in [7, 11) is 0.935. The van der Waals surface area contributed by atoms with Gasteiger partial charge >= 0.3 is 7.12 Å². The molecule has 158 valence electrons. The second-order valence-corrected chi connectivity index (χ2v) is 8.80. The number of carbonyl (C=O) groups is 1. The molecule has 2 aromatic carbocycles. The van der Waals surface area contributed by atoms with E-state index in [4.69, 9.17) is 14.0 Å². The van der Waals surface area contributed by atoms with E-state index in [0.29, 0.717) is 17.5 Å². The number of Topliss-reactive ketones (excluding diaryl/α,β-unsaturated/α-hetero) is 1. The van der Waals surface area contributed by atoms with Gasteiger partial charge in [-0.25, -0.2) is 0 Å². The Morgan fingerprint density at radius 3 is 2.00 bits per heavy atom. The summed E-state index contributed by atoms with van der Waals surface area (Å²) in [6.45, 7) is 14.4. The average Bonchev–Trinajstić information content (AvgIpc) is 2.96. The van der Waals surface area contributed by atoms with E-state index in [9.17, 15) is 4.79 Å². The molecule has 1 fully saturated rings. The van der Waals surface area contributed by atoms with Gasteiger partial charge in [-0.2, -0.15) is 0 Å². The molecule has 2 aromatic rings. The Hall–Kier alpha value is -2.37. The molecule has 0 aliphatic carbocycles. The molecule has 3 rings (SSSR count). The number of rotatable bonds is 7. The molecule has 0 spiro atoms. The van der Waals surface area contributed by atoms with Gasteiger partial charge in [0.25, 0.3) is 0 Å². The van der Waals surface area contributed by atoms with Crippen molar-refractivity contribution < 1.29 is 18.8 Å². The van der Waals surface area contributed by atoms with E-state index in [2.05, 4.69) is 6.58 Å². The second kappa shape index (κ2) is 8.05. The van der Waals surface area contributed by atoms with Crippen molar-refractivity contribution in [3.63, 3.8) is 0 Å². The van der Waals surface area contributed by atoms with Crippen LogP contribution in [0, 0.1) is 0 Å². The molecular formula is C25H31BO4. The monoisotopic (exact) mass is 406 g/mol. The van der Waals surface area contributed by atoms with E-state index >= 15 is 0 Å². The zero-order valence-corrected chi connectivity index (χ0v) is 18.8. The fraction of sp³-hybridized carbons (Fsp3) is 0.400. The molecular weight excluding hydrogens is 375 g/mol. The average molecular weight is 406 g/mol. The fourth-order valence-corrected chi connectivity index (χ4v) is 3.95. The van der Waals surface area contributed by atoms with Gasteiger partial charge in [0.1, 0.15) is 5.75 Å². The highest BCUT2D eigenvalue weighted by atomic mass is 16.7. The number of carbonyl (C=O) groups excluding carboxylic acids is 1. The normalized spacial score (nSPS) is 19.2. The minimum absolute atomic E-state index is 0.0181. The number of methoxy groups -OCH3 is 1. The van der Waals surface area contributed by atoms with Crippen LogP contribution in [-0.2, 0) is 14.7 Å². The molecule has 0 saturated carbocycles. The molecule has 0 N–H and O–H groups in total. The van der Waals surface area contributed by atoms with Gasteiger partial charge in [0.05, 0.1) is 23.7 Å². The summed E-state index contributed by atoms with van der Waals surface area (Å²) in [4.78, 5) is 14.0. The molecule has 0 aromatic heterocycles. The van der Waals surface area contributed by atoms with Crippen molar-refractivity contribution in [1.29, 1.82) is 0 Å². The number of benzene rings is 2. The zero-order chi connectivity index (χ0) is 22.2. The van der Waals surface area contributed by atoms with E-state index in [1.54, 1.807) is 7.11 Å². The maximum absolute atomic E-state index is 14.0. The Bertz CT molecular complexity index is 902. The molecule has 4 nitrogen and oxygen atoms in total. The van der Waals surface area contributed by atoms with E-state index in [1.165, 1.54) is 0 Å². The lowest BCUT2D eigenvalue weighted by atomic mass is 9.56. The first-order chi connectivity index (χ1) is 14.1. The van der Waals surface area contributed by atoms with Crippen LogP contribution in [0.15, 0.2) is 66.6 Å². The molecule has 1 heterocycles. The van der Waals surface area contributed by atoms with E-state index < -0.39 is 23.7 Å². The van der Waals surface area contributed by atoms with Crippen molar-refractivity contribution in [2.45, 2.75) is 57.7 Å². The SMILES string of the molecule is C=C(B1OC(C)(C)C(C)(C)O1)[C@](CC)(C(=O)c1ccccc1)c1ccc(OC)cc1. The molecule has 1 aliphatic rings. The van der Waals surface area contributed by atoms with E-state index in [0.717, 1.165) is 11.3 Å². The van der Waals surface area contributed by atoms with Crippen molar-refractivity contribution in [2.24, 2.45) is 0 Å². The van der Waals surface area contributed by atoms with Crippen LogP contribution in [0.4, 0.5) is 0 Å². The summed E-state index contributed by atoms with van der Waals surface area (Å²) in [6, 6.07) is 16.9. The van der Waals surface area contributed by atoms with Gasteiger partial charge in [-0.15, -0.1) is 6.58 Å². The lowest BCUT2D eigenvalue weighted by Crippen LogP contribution is -2.44. The highest BCUT2D eigenvalue weighted by Crippen LogP contribution is 2.46. The predicted molar refractivity (Wildman–Crippen MR) is 121 cm³/mol. The third-order valence-electron chi connectivity index (χ3n) is 6.62. The summed E-state index contributed by atoms with van der Waals surface area (Å²) < 4.78 is 17.9. The molecule has 30 heavy (non-hydrogen) atoms. The van der Waals surface area contributed by atoms with Crippen LogP contribution in [0.5, 0.6) is 5.75 Å². The van der Waals surface area contributed by atoms with Crippen LogP contribution >= 0.6 is 0 Å². The first-order valence-corrected chi connectivity index (χ1v) is 10.4. The van der Waals surface area contributed by atoms with Crippen LogP contribution in [0.1, 0.15) is 57.0 Å². The number of ether oxygens (including phenoxy) is 1. The number of hydrogen-bond acceptors (Lipinski definition) is 4. The smallest absolute Gasteiger partial charge is 0.491 e. The van der Waals surface area contributed by atoms with Gasteiger partial charge in [0.15, 0.2) is 5.78 Å². The Morgan fingerprint density at radius 1 is 1.00 bits per heavy atom. The van der Waals surface area contributed by atoms with Crippen molar-refractivity contribution in [1.82, 2.24) is 0 Å². The van der Waals surface area contributed by atoms with Crippen molar-refractivity contribution >= 4 is 12.9 Å². The van der Waals surface area contributed by atoms with Crippen molar-refractivity contribution in [2.75, 3.05) is 7.11 Å². The molecule has 0 radical (unpaired) electrons. The number of allylic oxidation sites excluding steroid dienone is 1. The molecule has 0 unspecified atom stereocenters. The largest absolute Gasteiger partial charge is 0.497 e. The molecule has 1 saturated heterocycles. The quantitative estimate of drug-likeness (QED) is 0.455. The van der Waals surface area contributed by atoms with Gasteiger partial charge in [0, 0.05) is 5.56 Å². The Kier molecular flexibility index (Phi) is 5.99. The van der Waals surface area contributed by atoms with Gasteiger partial charge in [-0.05, 0) is 57.3 Å². The Labute approximate surface area is 180 Å². The number of ketones is 1. The molecule has 0 amide bonds. The zero-order valence-electron chi connectivity index (χ0n) is 18.8. The van der Waals surface area contributed by atoms with Crippen LogP contribution in [0.3, 0.4) is 0 Å². The molecule has 0 bridgehead atoms. The third kappa shape index (κ3) is 3.61. The van der Waals surface area contributed by atoms with Gasteiger partial charge in [0.2, 0.25) is 0 Å². The summed E-state index contributed by atoms with van der Waals surface area (Å²) in [5.41, 5.74) is 0.0651. The van der Waals surface area contributed by atoms with Gasteiger partial charge in [-0.3, -0.25) is 4.79 Å². The van der Waals surface area contributed by atoms with E-state index in [-0.39, 0.29) is 5.78 Å². The fourth-order valence-electron chi connectivity index (χ4n) is 3.95. The van der Waals surface area contributed by atoms with Crippen LogP contribution in [-0.4, -0.2) is 31.2 Å². The first kappa shape index (κ1) is 22.3. The van der Waals surface area contributed by atoms with Crippen molar-refractivity contribution in [3.05, 3.63) is 77.8 Å². The van der Waals surface area contributed by atoms with Crippen LogP contribution in [0.25, 0.3) is 0 Å². The third-order valence-corrected chi connectivity index (χ3v) is 6.62. The maximum Gasteiger partial charge on any atom is 0.491 e. The maximum atomic E-state index is 14.0. The standard InChI is InChI=1S/C25H31BO4/c1-8-25(20-14-16-21(28-7)17-15-20,22(27)19-12-10-9-11-13-19)18(2)26-29-23(3,4)24(5,6)30-26/h9-17H,2,8H2,1,3-7H3/t25-/m0/s1. The molecule has 1 atom stereocenters. The highest BCUT2D eigenvalue weighted by molar-refractivity contribution is 6.56. The van der Waals surface area contributed by atoms with Crippen molar-refractivity contribution in [3.8, 4) is 5.75 Å². The first-order valence-electron chi connectivity index (χ1n) is 10.4. The number of hydrogen-bond donors (Lipinski definition) is 0.